The van der Waals surface area contributed by atoms with Gasteiger partial charge in [-0.15, -0.1) is 0 Å². The lowest BCUT2D eigenvalue weighted by Crippen LogP contribution is -2.30. The summed E-state index contributed by atoms with van der Waals surface area (Å²) in [6.07, 6.45) is 0.853. The molecule has 0 fully saturated rings. The topological polar surface area (TPSA) is 92.3 Å². The van der Waals surface area contributed by atoms with Crippen LogP contribution in [0.3, 0.4) is 0 Å². The molecule has 2 rings (SSSR count). The predicted molar refractivity (Wildman–Crippen MR) is 98.1 cm³/mol. The summed E-state index contributed by atoms with van der Waals surface area (Å²) in [6.45, 7) is 2.00. The zero-order valence-electron chi connectivity index (χ0n) is 14.2. The first-order valence-electron chi connectivity index (χ1n) is 7.92. The Balaban J connectivity index is 1.88. The van der Waals surface area contributed by atoms with Gasteiger partial charge in [0.25, 0.3) is 0 Å². The Morgan fingerprint density at radius 1 is 0.846 bits per heavy atom. The van der Waals surface area contributed by atoms with Crippen molar-refractivity contribution in [3.63, 3.8) is 0 Å². The molecule has 0 aliphatic rings. The largest absolute Gasteiger partial charge is 0.325 e. The van der Waals surface area contributed by atoms with Crippen molar-refractivity contribution in [3.05, 3.63) is 59.9 Å². The van der Waals surface area contributed by atoms with E-state index in [4.69, 9.17) is 0 Å². The third kappa shape index (κ3) is 6.29. The van der Waals surface area contributed by atoms with Crippen molar-refractivity contribution >= 4 is 33.0 Å². The SMILES string of the molecule is CCc1ccc(NC(=O)CS(=O)(=O)CC(=O)Nc2ccc(F)cc2)cc1. The molecule has 0 bridgehead atoms. The minimum absolute atomic E-state index is 0.270. The minimum Gasteiger partial charge on any atom is -0.325 e. The number of carbonyl (C=O) groups is 2. The fourth-order valence-electron chi connectivity index (χ4n) is 2.20. The Bertz CT molecular complexity index is 878. The van der Waals surface area contributed by atoms with E-state index in [1.165, 1.54) is 12.1 Å². The van der Waals surface area contributed by atoms with Crippen molar-refractivity contribution < 1.29 is 22.4 Å². The molecule has 2 N–H and O–H groups in total. The van der Waals surface area contributed by atoms with Gasteiger partial charge in [-0.1, -0.05) is 19.1 Å². The van der Waals surface area contributed by atoms with Crippen LogP contribution >= 0.6 is 0 Å². The molecule has 2 amide bonds. The van der Waals surface area contributed by atoms with E-state index in [2.05, 4.69) is 10.6 Å². The molecular formula is C18H19FN2O4S. The van der Waals surface area contributed by atoms with E-state index < -0.39 is 39.0 Å². The Labute approximate surface area is 151 Å². The molecule has 0 atom stereocenters. The summed E-state index contributed by atoms with van der Waals surface area (Å²) in [4.78, 5) is 23.7. The first-order valence-corrected chi connectivity index (χ1v) is 9.74. The maximum absolute atomic E-state index is 12.8. The summed E-state index contributed by atoms with van der Waals surface area (Å²) >= 11 is 0. The van der Waals surface area contributed by atoms with E-state index in [9.17, 15) is 22.4 Å². The monoisotopic (exact) mass is 378 g/mol. The Morgan fingerprint density at radius 2 is 1.27 bits per heavy atom. The highest BCUT2D eigenvalue weighted by molar-refractivity contribution is 7.92. The summed E-state index contributed by atoms with van der Waals surface area (Å²) in [5.74, 6) is -3.63. The molecule has 6 nitrogen and oxygen atoms in total. The number of sulfone groups is 1. The van der Waals surface area contributed by atoms with Crippen molar-refractivity contribution in [2.45, 2.75) is 13.3 Å². The van der Waals surface area contributed by atoms with Gasteiger partial charge in [0.2, 0.25) is 11.8 Å². The third-order valence-electron chi connectivity index (χ3n) is 3.48. The molecule has 2 aromatic rings. The van der Waals surface area contributed by atoms with Crippen molar-refractivity contribution in [2.24, 2.45) is 0 Å². The number of aryl methyl sites for hydroxylation is 1. The standard InChI is InChI=1S/C18H19FN2O4S/c1-2-13-3-7-15(8-4-13)20-17(22)11-26(24,25)12-18(23)21-16-9-5-14(19)6-10-16/h3-10H,2,11-12H2,1H3,(H,20,22)(H,21,23). The van der Waals surface area contributed by atoms with Crippen molar-refractivity contribution in [1.82, 2.24) is 0 Å². The molecule has 0 aliphatic carbocycles. The van der Waals surface area contributed by atoms with Crippen LogP contribution in [-0.4, -0.2) is 31.7 Å². The molecule has 0 saturated carbocycles. The normalized spacial score (nSPS) is 11.0. The number of hydrogen-bond acceptors (Lipinski definition) is 4. The lowest BCUT2D eigenvalue weighted by Gasteiger charge is -2.08. The summed E-state index contributed by atoms with van der Waals surface area (Å²) in [6, 6.07) is 11.9. The van der Waals surface area contributed by atoms with Gasteiger partial charge in [-0.25, -0.2) is 12.8 Å². The quantitative estimate of drug-likeness (QED) is 0.774. The van der Waals surface area contributed by atoms with Crippen LogP contribution in [0.5, 0.6) is 0 Å². The molecule has 0 unspecified atom stereocenters. The first-order chi connectivity index (χ1) is 12.3. The third-order valence-corrected chi connectivity index (χ3v) is 4.88. The first kappa shape index (κ1) is 19.6. The van der Waals surface area contributed by atoms with E-state index >= 15 is 0 Å². The molecule has 0 aliphatic heterocycles. The van der Waals surface area contributed by atoms with E-state index in [0.717, 1.165) is 24.1 Å². The van der Waals surface area contributed by atoms with Crippen LogP contribution in [-0.2, 0) is 25.8 Å². The number of benzene rings is 2. The number of anilines is 2. The smallest absolute Gasteiger partial charge is 0.239 e. The summed E-state index contributed by atoms with van der Waals surface area (Å²) < 4.78 is 36.8. The summed E-state index contributed by atoms with van der Waals surface area (Å²) in [5.41, 5.74) is 1.85. The predicted octanol–water partition coefficient (Wildman–Crippen LogP) is 2.38. The fraction of sp³-hybridized carbons (Fsp3) is 0.222. The molecule has 0 radical (unpaired) electrons. The van der Waals surface area contributed by atoms with Gasteiger partial charge < -0.3 is 10.6 Å². The van der Waals surface area contributed by atoms with E-state index in [1.54, 1.807) is 12.1 Å². The molecule has 0 spiro atoms. The van der Waals surface area contributed by atoms with Gasteiger partial charge in [-0.05, 0) is 48.4 Å². The van der Waals surface area contributed by atoms with E-state index in [1.807, 2.05) is 19.1 Å². The maximum Gasteiger partial charge on any atom is 0.239 e. The molecule has 0 aromatic heterocycles. The maximum atomic E-state index is 12.8. The number of rotatable bonds is 7. The number of amides is 2. The van der Waals surface area contributed by atoms with Gasteiger partial charge in [0.1, 0.15) is 17.3 Å². The highest BCUT2D eigenvalue weighted by atomic mass is 32.2. The van der Waals surface area contributed by atoms with Gasteiger partial charge in [-0.3, -0.25) is 9.59 Å². The van der Waals surface area contributed by atoms with Gasteiger partial charge in [0.05, 0.1) is 0 Å². The van der Waals surface area contributed by atoms with Crippen molar-refractivity contribution in [1.29, 1.82) is 0 Å². The van der Waals surface area contributed by atoms with Crippen LogP contribution < -0.4 is 10.6 Å². The second-order valence-electron chi connectivity index (χ2n) is 5.69. The lowest BCUT2D eigenvalue weighted by molar-refractivity contribution is -0.114. The van der Waals surface area contributed by atoms with Crippen LogP contribution in [0.25, 0.3) is 0 Å². The number of nitrogens with one attached hydrogen (secondary N) is 2. The van der Waals surface area contributed by atoms with Gasteiger partial charge in [-0.2, -0.15) is 0 Å². The zero-order chi connectivity index (χ0) is 19.2. The average molecular weight is 378 g/mol. The zero-order valence-corrected chi connectivity index (χ0v) is 15.0. The molecule has 0 heterocycles. The van der Waals surface area contributed by atoms with Gasteiger partial charge >= 0.3 is 0 Å². The fourth-order valence-corrected chi connectivity index (χ4v) is 3.25. The van der Waals surface area contributed by atoms with E-state index in [-0.39, 0.29) is 5.69 Å². The van der Waals surface area contributed by atoms with Crippen molar-refractivity contribution in [2.75, 3.05) is 22.1 Å². The van der Waals surface area contributed by atoms with Gasteiger partial charge in [0.15, 0.2) is 9.84 Å². The number of hydrogen-bond donors (Lipinski definition) is 2. The van der Waals surface area contributed by atoms with Crippen LogP contribution in [0.1, 0.15) is 12.5 Å². The Kier molecular flexibility index (Phi) is 6.46. The van der Waals surface area contributed by atoms with Crippen LogP contribution in [0.4, 0.5) is 15.8 Å². The van der Waals surface area contributed by atoms with Gasteiger partial charge in [0, 0.05) is 11.4 Å². The van der Waals surface area contributed by atoms with Crippen molar-refractivity contribution in [3.8, 4) is 0 Å². The van der Waals surface area contributed by atoms with Crippen LogP contribution in [0.2, 0.25) is 0 Å². The molecule has 2 aromatic carbocycles. The Hall–Kier alpha value is -2.74. The molecule has 0 saturated heterocycles. The molecular weight excluding hydrogens is 359 g/mol. The highest BCUT2D eigenvalue weighted by Gasteiger charge is 2.21. The summed E-state index contributed by atoms with van der Waals surface area (Å²) in [7, 11) is -3.94. The average Bonchev–Trinajstić information content (AvgIpc) is 2.56. The number of carbonyl (C=O) groups excluding carboxylic acids is 2. The second-order valence-corrected chi connectivity index (χ2v) is 7.75. The van der Waals surface area contributed by atoms with Crippen LogP contribution in [0, 0.1) is 5.82 Å². The van der Waals surface area contributed by atoms with E-state index in [0.29, 0.717) is 5.69 Å². The number of halogens is 1. The molecule has 8 heteroatoms. The summed E-state index contributed by atoms with van der Waals surface area (Å²) in [5, 5.41) is 4.83. The second kappa shape index (κ2) is 8.57. The lowest BCUT2D eigenvalue weighted by atomic mass is 10.1. The van der Waals surface area contributed by atoms with Crippen LogP contribution in [0.15, 0.2) is 48.5 Å². The molecule has 26 heavy (non-hydrogen) atoms. The molecule has 138 valence electrons. The minimum atomic E-state index is -3.94. The highest BCUT2D eigenvalue weighted by Crippen LogP contribution is 2.11. The Morgan fingerprint density at radius 3 is 1.69 bits per heavy atom.